The Hall–Kier alpha value is -2.55. The molecular formula is C16H19F2N3O4. The molecule has 136 valence electrons. The number of benzene rings is 1. The van der Waals surface area contributed by atoms with Crippen molar-refractivity contribution in [1.29, 1.82) is 0 Å². The van der Waals surface area contributed by atoms with E-state index in [4.69, 9.17) is 4.74 Å². The van der Waals surface area contributed by atoms with E-state index in [0.29, 0.717) is 4.90 Å². The molecule has 7 nitrogen and oxygen atoms in total. The normalized spacial score (nSPS) is 21.2. The van der Waals surface area contributed by atoms with Crippen molar-refractivity contribution in [3.63, 3.8) is 0 Å². The van der Waals surface area contributed by atoms with Crippen LogP contribution in [0.5, 0.6) is 0 Å². The number of ether oxygens (including phenoxy) is 1. The highest BCUT2D eigenvalue weighted by Crippen LogP contribution is 2.31. The summed E-state index contributed by atoms with van der Waals surface area (Å²) >= 11 is 0. The smallest absolute Gasteiger partial charge is 0.325 e. The Kier molecular flexibility index (Phi) is 5.36. The van der Waals surface area contributed by atoms with Crippen molar-refractivity contribution < 1.29 is 27.9 Å². The van der Waals surface area contributed by atoms with Crippen molar-refractivity contribution in [3.05, 3.63) is 35.4 Å². The highest BCUT2D eigenvalue weighted by Gasteiger charge is 2.50. The zero-order valence-electron chi connectivity index (χ0n) is 14.1. The molecule has 0 aromatic heterocycles. The first kappa shape index (κ1) is 18.8. The maximum Gasteiger partial charge on any atom is 0.325 e. The van der Waals surface area contributed by atoms with Crippen LogP contribution in [-0.4, -0.2) is 49.0 Å². The third-order valence-electron chi connectivity index (χ3n) is 3.87. The van der Waals surface area contributed by atoms with Crippen LogP contribution < -0.4 is 10.6 Å². The molecule has 2 N–H and O–H groups in total. The SMILES string of the molecule is COC[C@H](C)NC(=O)CN1C(=O)N[C@](C)(c2cc(F)ccc2F)C1=O. The monoisotopic (exact) mass is 355 g/mol. The van der Waals surface area contributed by atoms with E-state index in [-0.39, 0.29) is 18.2 Å². The van der Waals surface area contributed by atoms with Crippen molar-refractivity contribution in [1.82, 2.24) is 15.5 Å². The lowest BCUT2D eigenvalue weighted by molar-refractivity contribution is -0.135. The molecule has 1 fully saturated rings. The van der Waals surface area contributed by atoms with Gasteiger partial charge in [0.25, 0.3) is 5.91 Å². The second kappa shape index (κ2) is 7.14. The largest absolute Gasteiger partial charge is 0.383 e. The van der Waals surface area contributed by atoms with E-state index in [1.54, 1.807) is 6.92 Å². The van der Waals surface area contributed by atoms with E-state index in [9.17, 15) is 23.2 Å². The van der Waals surface area contributed by atoms with Gasteiger partial charge in [0, 0.05) is 18.7 Å². The Labute approximate surface area is 143 Å². The number of nitrogens with one attached hydrogen (secondary N) is 2. The molecule has 1 aromatic rings. The third kappa shape index (κ3) is 3.76. The van der Waals surface area contributed by atoms with Gasteiger partial charge in [-0.15, -0.1) is 0 Å². The molecule has 0 aliphatic carbocycles. The Morgan fingerprint density at radius 3 is 2.72 bits per heavy atom. The van der Waals surface area contributed by atoms with Crippen molar-refractivity contribution >= 4 is 17.8 Å². The second-order valence-corrected chi connectivity index (χ2v) is 5.99. The van der Waals surface area contributed by atoms with Gasteiger partial charge in [-0.05, 0) is 32.0 Å². The van der Waals surface area contributed by atoms with Gasteiger partial charge < -0.3 is 15.4 Å². The maximum atomic E-state index is 14.0. The number of halogens is 2. The van der Waals surface area contributed by atoms with Gasteiger partial charge in [0.2, 0.25) is 5.91 Å². The molecule has 2 atom stereocenters. The Bertz CT molecular complexity index is 713. The van der Waals surface area contributed by atoms with Crippen LogP contribution in [0, 0.1) is 11.6 Å². The molecule has 1 aromatic carbocycles. The third-order valence-corrected chi connectivity index (χ3v) is 3.87. The molecule has 4 amide bonds. The number of rotatable bonds is 6. The first-order valence-electron chi connectivity index (χ1n) is 7.57. The summed E-state index contributed by atoms with van der Waals surface area (Å²) in [5.41, 5.74) is -2.09. The highest BCUT2D eigenvalue weighted by molar-refractivity contribution is 6.09. The van der Waals surface area contributed by atoms with Crippen LogP contribution in [0.25, 0.3) is 0 Å². The zero-order chi connectivity index (χ0) is 18.8. The lowest BCUT2D eigenvalue weighted by Crippen LogP contribution is -2.46. The highest BCUT2D eigenvalue weighted by atomic mass is 19.1. The molecule has 1 aliphatic heterocycles. The molecule has 0 spiro atoms. The van der Waals surface area contributed by atoms with Crippen LogP contribution in [0.15, 0.2) is 18.2 Å². The molecule has 25 heavy (non-hydrogen) atoms. The minimum atomic E-state index is -1.79. The van der Waals surface area contributed by atoms with E-state index < -0.39 is 41.6 Å². The molecule has 0 saturated carbocycles. The average molecular weight is 355 g/mol. The van der Waals surface area contributed by atoms with Crippen LogP contribution in [-0.2, 0) is 19.9 Å². The summed E-state index contributed by atoms with van der Waals surface area (Å²) in [6.07, 6.45) is 0. The number of urea groups is 1. The first-order valence-corrected chi connectivity index (χ1v) is 7.57. The van der Waals surface area contributed by atoms with Gasteiger partial charge in [0.1, 0.15) is 23.7 Å². The molecule has 2 rings (SSSR count). The van der Waals surface area contributed by atoms with Crippen molar-refractivity contribution in [2.24, 2.45) is 0 Å². The summed E-state index contributed by atoms with van der Waals surface area (Å²) in [6.45, 7) is 2.68. The van der Waals surface area contributed by atoms with Gasteiger partial charge in [-0.1, -0.05) is 0 Å². The zero-order valence-corrected chi connectivity index (χ0v) is 14.1. The minimum absolute atomic E-state index is 0.262. The van der Waals surface area contributed by atoms with Gasteiger partial charge in [-0.25, -0.2) is 13.6 Å². The van der Waals surface area contributed by atoms with E-state index >= 15 is 0 Å². The van der Waals surface area contributed by atoms with Crippen LogP contribution in [0.1, 0.15) is 19.4 Å². The van der Waals surface area contributed by atoms with Crippen molar-refractivity contribution in [2.75, 3.05) is 20.3 Å². The van der Waals surface area contributed by atoms with Crippen LogP contribution >= 0.6 is 0 Å². The van der Waals surface area contributed by atoms with Crippen molar-refractivity contribution in [3.8, 4) is 0 Å². The van der Waals surface area contributed by atoms with Gasteiger partial charge in [-0.2, -0.15) is 0 Å². The fraction of sp³-hybridized carbons (Fsp3) is 0.438. The van der Waals surface area contributed by atoms with Gasteiger partial charge in [0.15, 0.2) is 0 Å². The van der Waals surface area contributed by atoms with Gasteiger partial charge >= 0.3 is 6.03 Å². The Morgan fingerprint density at radius 2 is 2.08 bits per heavy atom. The number of imide groups is 1. The topological polar surface area (TPSA) is 87.7 Å². The standard InChI is InChI=1S/C16H19F2N3O4/c1-9(8-25-3)19-13(22)7-21-14(23)16(2,20-15(21)24)11-6-10(17)4-5-12(11)18/h4-6,9H,7-8H2,1-3H3,(H,19,22)(H,20,24)/t9-,16+/m0/s1. The lowest BCUT2D eigenvalue weighted by atomic mass is 9.91. The fourth-order valence-electron chi connectivity index (χ4n) is 2.66. The number of carbonyl (C=O) groups is 3. The summed E-state index contributed by atoms with van der Waals surface area (Å²) in [6, 6.07) is 1.46. The number of nitrogens with zero attached hydrogens (tertiary/aromatic N) is 1. The molecule has 1 heterocycles. The summed E-state index contributed by atoms with van der Waals surface area (Å²) < 4.78 is 32.3. The van der Waals surface area contributed by atoms with E-state index in [1.807, 2.05) is 0 Å². The average Bonchev–Trinajstić information content (AvgIpc) is 2.74. The number of amides is 4. The molecule has 0 radical (unpaired) electrons. The number of hydrogen-bond acceptors (Lipinski definition) is 4. The molecule has 1 aliphatic rings. The number of methoxy groups -OCH3 is 1. The van der Waals surface area contributed by atoms with Crippen LogP contribution in [0.2, 0.25) is 0 Å². The summed E-state index contributed by atoms with van der Waals surface area (Å²) in [4.78, 5) is 37.3. The van der Waals surface area contributed by atoms with E-state index in [1.165, 1.54) is 14.0 Å². The lowest BCUT2D eigenvalue weighted by Gasteiger charge is -2.23. The molecule has 0 unspecified atom stereocenters. The van der Waals surface area contributed by atoms with Crippen molar-refractivity contribution in [2.45, 2.75) is 25.4 Å². The quantitative estimate of drug-likeness (QED) is 0.742. The summed E-state index contributed by atoms with van der Waals surface area (Å²) in [7, 11) is 1.47. The fourth-order valence-corrected chi connectivity index (χ4v) is 2.66. The van der Waals surface area contributed by atoms with Gasteiger partial charge in [0.05, 0.1) is 6.61 Å². The Morgan fingerprint density at radius 1 is 1.40 bits per heavy atom. The minimum Gasteiger partial charge on any atom is -0.383 e. The van der Waals surface area contributed by atoms with E-state index in [2.05, 4.69) is 10.6 Å². The molecule has 1 saturated heterocycles. The predicted molar refractivity (Wildman–Crippen MR) is 83.4 cm³/mol. The second-order valence-electron chi connectivity index (χ2n) is 5.99. The molecule has 9 heteroatoms. The van der Waals surface area contributed by atoms with Crippen LogP contribution in [0.3, 0.4) is 0 Å². The predicted octanol–water partition coefficient (Wildman–Crippen LogP) is 0.883. The first-order chi connectivity index (χ1) is 11.7. The van der Waals surface area contributed by atoms with Crippen LogP contribution in [0.4, 0.5) is 13.6 Å². The molecular weight excluding hydrogens is 336 g/mol. The number of carbonyl (C=O) groups excluding carboxylic acids is 3. The molecule has 0 bridgehead atoms. The van der Waals surface area contributed by atoms with E-state index in [0.717, 1.165) is 18.2 Å². The Balaban J connectivity index is 2.19. The number of hydrogen-bond donors (Lipinski definition) is 2. The maximum absolute atomic E-state index is 14.0. The van der Waals surface area contributed by atoms with Gasteiger partial charge in [-0.3, -0.25) is 14.5 Å². The summed E-state index contributed by atoms with van der Waals surface area (Å²) in [5, 5.41) is 4.89. The summed E-state index contributed by atoms with van der Waals surface area (Å²) in [5.74, 6) is -2.99.